The largest absolute Gasteiger partial charge is 0.424 e. The normalized spacial score (nSPS) is 11.6. The predicted octanol–water partition coefficient (Wildman–Crippen LogP) is 2.88. The minimum atomic E-state index is 0.460. The second kappa shape index (κ2) is 5.69. The molecular formula is C16H20N4O. The highest BCUT2D eigenvalue weighted by molar-refractivity contribution is 5.83. The van der Waals surface area contributed by atoms with Gasteiger partial charge < -0.3 is 14.3 Å². The summed E-state index contributed by atoms with van der Waals surface area (Å²) in [6.45, 7) is 7.56. The van der Waals surface area contributed by atoms with Crippen molar-refractivity contribution >= 4 is 10.9 Å². The lowest BCUT2D eigenvalue weighted by Crippen LogP contribution is -2.22. The lowest BCUT2D eigenvalue weighted by Gasteiger charge is -2.11. The number of para-hydroxylation sites is 1. The van der Waals surface area contributed by atoms with E-state index in [1.165, 1.54) is 16.5 Å². The monoisotopic (exact) mass is 284 g/mol. The molecule has 5 heteroatoms. The molecule has 0 fully saturated rings. The van der Waals surface area contributed by atoms with Crippen LogP contribution in [0, 0.1) is 6.92 Å². The molecular weight excluding hydrogens is 264 g/mol. The van der Waals surface area contributed by atoms with Crippen LogP contribution in [0.1, 0.15) is 31.2 Å². The third-order valence-electron chi connectivity index (χ3n) is 3.45. The molecule has 0 atom stereocenters. The minimum absolute atomic E-state index is 0.460. The number of aryl methyl sites for hydroxylation is 1. The van der Waals surface area contributed by atoms with Crippen molar-refractivity contribution in [2.45, 2.75) is 39.9 Å². The van der Waals surface area contributed by atoms with Crippen LogP contribution >= 0.6 is 0 Å². The maximum absolute atomic E-state index is 5.49. The van der Waals surface area contributed by atoms with Gasteiger partial charge in [0.25, 0.3) is 0 Å². The van der Waals surface area contributed by atoms with E-state index in [1.54, 1.807) is 0 Å². The average Bonchev–Trinajstić information content (AvgIpc) is 3.04. The Kier molecular flexibility index (Phi) is 3.75. The SMILES string of the molecule is Cc1nnc(Cn2ccc3cccc(CNC(C)C)c32)o1. The zero-order valence-electron chi connectivity index (χ0n) is 12.6. The second-order valence-electron chi connectivity index (χ2n) is 5.55. The molecule has 1 N–H and O–H groups in total. The summed E-state index contributed by atoms with van der Waals surface area (Å²) < 4.78 is 7.65. The Balaban J connectivity index is 1.95. The number of benzene rings is 1. The van der Waals surface area contributed by atoms with Crippen LogP contribution in [0.2, 0.25) is 0 Å². The number of rotatable bonds is 5. The third kappa shape index (κ3) is 2.97. The van der Waals surface area contributed by atoms with Crippen molar-refractivity contribution in [3.05, 3.63) is 47.8 Å². The van der Waals surface area contributed by atoms with E-state index in [0.717, 1.165) is 6.54 Å². The predicted molar refractivity (Wildman–Crippen MR) is 82.1 cm³/mol. The Morgan fingerprint density at radius 2 is 2.10 bits per heavy atom. The smallest absolute Gasteiger partial charge is 0.236 e. The quantitative estimate of drug-likeness (QED) is 0.782. The molecule has 0 saturated carbocycles. The fourth-order valence-corrected chi connectivity index (χ4v) is 2.48. The van der Waals surface area contributed by atoms with Crippen LogP contribution in [0.4, 0.5) is 0 Å². The summed E-state index contributed by atoms with van der Waals surface area (Å²) in [6, 6.07) is 8.97. The average molecular weight is 284 g/mol. The van der Waals surface area contributed by atoms with Crippen molar-refractivity contribution in [2.24, 2.45) is 0 Å². The van der Waals surface area contributed by atoms with Gasteiger partial charge in [0.1, 0.15) is 6.54 Å². The molecule has 3 rings (SSSR count). The summed E-state index contributed by atoms with van der Waals surface area (Å²) in [5.74, 6) is 1.24. The Labute approximate surface area is 124 Å². The van der Waals surface area contributed by atoms with Gasteiger partial charge in [-0.1, -0.05) is 32.0 Å². The van der Waals surface area contributed by atoms with E-state index in [0.29, 0.717) is 24.4 Å². The summed E-state index contributed by atoms with van der Waals surface area (Å²) in [6.07, 6.45) is 2.07. The Morgan fingerprint density at radius 1 is 1.24 bits per heavy atom. The van der Waals surface area contributed by atoms with Crippen molar-refractivity contribution < 1.29 is 4.42 Å². The Bertz CT molecular complexity index is 742. The zero-order valence-corrected chi connectivity index (χ0v) is 12.6. The van der Waals surface area contributed by atoms with E-state index in [-0.39, 0.29) is 0 Å². The summed E-state index contributed by atoms with van der Waals surface area (Å²) in [5, 5.41) is 12.7. The van der Waals surface area contributed by atoms with Crippen LogP contribution in [-0.2, 0) is 13.1 Å². The molecule has 0 aliphatic carbocycles. The van der Waals surface area contributed by atoms with Crippen LogP contribution in [0.3, 0.4) is 0 Å². The van der Waals surface area contributed by atoms with Gasteiger partial charge in [-0.05, 0) is 17.0 Å². The van der Waals surface area contributed by atoms with Gasteiger partial charge in [0.2, 0.25) is 11.8 Å². The van der Waals surface area contributed by atoms with Crippen LogP contribution in [0.5, 0.6) is 0 Å². The van der Waals surface area contributed by atoms with Crippen molar-refractivity contribution in [3.8, 4) is 0 Å². The maximum atomic E-state index is 5.49. The summed E-state index contributed by atoms with van der Waals surface area (Å²) in [7, 11) is 0. The van der Waals surface area contributed by atoms with E-state index >= 15 is 0 Å². The highest BCUT2D eigenvalue weighted by atomic mass is 16.4. The zero-order chi connectivity index (χ0) is 14.8. The number of nitrogens with zero attached hydrogens (tertiary/aromatic N) is 3. The lowest BCUT2D eigenvalue weighted by molar-refractivity contribution is 0.457. The van der Waals surface area contributed by atoms with Crippen LogP contribution in [0.15, 0.2) is 34.9 Å². The van der Waals surface area contributed by atoms with Gasteiger partial charge in [-0.2, -0.15) is 0 Å². The van der Waals surface area contributed by atoms with Crippen LogP contribution in [0.25, 0.3) is 10.9 Å². The summed E-state index contributed by atoms with van der Waals surface area (Å²) in [5.41, 5.74) is 2.50. The maximum Gasteiger partial charge on any atom is 0.236 e. The van der Waals surface area contributed by atoms with Gasteiger partial charge >= 0.3 is 0 Å². The van der Waals surface area contributed by atoms with Gasteiger partial charge in [0.15, 0.2) is 0 Å². The van der Waals surface area contributed by atoms with E-state index < -0.39 is 0 Å². The van der Waals surface area contributed by atoms with Crippen molar-refractivity contribution in [3.63, 3.8) is 0 Å². The highest BCUT2D eigenvalue weighted by Crippen LogP contribution is 2.21. The first-order valence-electron chi connectivity index (χ1n) is 7.22. The molecule has 2 aromatic heterocycles. The molecule has 0 aliphatic heterocycles. The Morgan fingerprint density at radius 3 is 2.81 bits per heavy atom. The Hall–Kier alpha value is -2.14. The first-order valence-corrected chi connectivity index (χ1v) is 7.22. The molecule has 21 heavy (non-hydrogen) atoms. The molecule has 0 aliphatic rings. The minimum Gasteiger partial charge on any atom is -0.424 e. The second-order valence-corrected chi connectivity index (χ2v) is 5.55. The van der Waals surface area contributed by atoms with Crippen molar-refractivity contribution in [2.75, 3.05) is 0 Å². The molecule has 0 spiro atoms. The molecule has 3 aromatic rings. The van der Waals surface area contributed by atoms with E-state index in [9.17, 15) is 0 Å². The topological polar surface area (TPSA) is 55.9 Å². The molecule has 0 amide bonds. The first kappa shape index (κ1) is 13.8. The molecule has 0 saturated heterocycles. The van der Waals surface area contributed by atoms with E-state index in [2.05, 4.69) is 64.4 Å². The first-order chi connectivity index (χ1) is 10.1. The third-order valence-corrected chi connectivity index (χ3v) is 3.45. The molecule has 110 valence electrons. The molecule has 0 radical (unpaired) electrons. The van der Waals surface area contributed by atoms with Gasteiger partial charge in [-0.25, -0.2) is 0 Å². The number of hydrogen-bond donors (Lipinski definition) is 1. The summed E-state index contributed by atoms with van der Waals surface area (Å²) >= 11 is 0. The van der Waals surface area contributed by atoms with Crippen LogP contribution in [-0.4, -0.2) is 20.8 Å². The number of hydrogen-bond acceptors (Lipinski definition) is 4. The summed E-state index contributed by atoms with van der Waals surface area (Å²) in [4.78, 5) is 0. The molecule has 2 heterocycles. The number of fused-ring (bicyclic) bond motifs is 1. The van der Waals surface area contributed by atoms with E-state index in [1.807, 2.05) is 6.92 Å². The van der Waals surface area contributed by atoms with E-state index in [4.69, 9.17) is 4.42 Å². The molecule has 0 bridgehead atoms. The standard InChI is InChI=1S/C16H20N4O/c1-11(2)17-9-14-6-4-5-13-7-8-20(16(13)14)10-15-19-18-12(3)21-15/h4-8,11,17H,9-10H2,1-3H3. The van der Waals surface area contributed by atoms with Gasteiger partial charge in [-0.3, -0.25) is 0 Å². The van der Waals surface area contributed by atoms with Gasteiger partial charge in [0.05, 0.1) is 5.52 Å². The van der Waals surface area contributed by atoms with Gasteiger partial charge in [0, 0.05) is 25.7 Å². The van der Waals surface area contributed by atoms with Crippen molar-refractivity contribution in [1.82, 2.24) is 20.1 Å². The number of nitrogens with one attached hydrogen (secondary N) is 1. The van der Waals surface area contributed by atoms with Crippen LogP contribution < -0.4 is 5.32 Å². The van der Waals surface area contributed by atoms with Gasteiger partial charge in [-0.15, -0.1) is 10.2 Å². The van der Waals surface area contributed by atoms with Crippen molar-refractivity contribution in [1.29, 1.82) is 0 Å². The fraction of sp³-hybridized carbons (Fsp3) is 0.375. The fourth-order valence-electron chi connectivity index (χ4n) is 2.48. The molecule has 1 aromatic carbocycles. The highest BCUT2D eigenvalue weighted by Gasteiger charge is 2.10. The molecule has 5 nitrogen and oxygen atoms in total. The molecule has 0 unspecified atom stereocenters. The number of aromatic nitrogens is 3. The lowest BCUT2D eigenvalue weighted by atomic mass is 10.1.